The monoisotopic (exact) mass is 153 g/mol. The van der Waals surface area contributed by atoms with E-state index in [4.69, 9.17) is 11.6 Å². The summed E-state index contributed by atoms with van der Waals surface area (Å²) >= 11 is 5.39. The van der Waals surface area contributed by atoms with Crippen LogP contribution in [0.5, 0.6) is 0 Å². The number of aromatic nitrogens is 1. The molecule has 0 spiro atoms. The summed E-state index contributed by atoms with van der Waals surface area (Å²) in [7, 11) is 0. The van der Waals surface area contributed by atoms with E-state index in [-0.39, 0.29) is 36.5 Å². The van der Waals surface area contributed by atoms with Gasteiger partial charge in [-0.2, -0.15) is 0 Å². The smallest absolute Gasteiger partial charge is 1.00 e. The van der Waals surface area contributed by atoms with Gasteiger partial charge in [-0.25, -0.2) is 0 Å². The van der Waals surface area contributed by atoms with E-state index in [0.29, 0.717) is 5.15 Å². The molecule has 0 saturated carbocycles. The number of hydrogen-bond donors (Lipinski definition) is 1. The molecule has 9 heavy (non-hydrogen) atoms. The summed E-state index contributed by atoms with van der Waals surface area (Å²) in [4.78, 5) is 12.7. The van der Waals surface area contributed by atoms with Gasteiger partial charge in [0, 0.05) is 6.07 Å². The summed E-state index contributed by atoms with van der Waals surface area (Å²) in [5.74, 6) is 0. The van der Waals surface area contributed by atoms with Crippen LogP contribution in [0.4, 0.5) is 0 Å². The van der Waals surface area contributed by atoms with E-state index in [1.54, 1.807) is 12.1 Å². The molecule has 4 heteroatoms. The van der Waals surface area contributed by atoms with Crippen LogP contribution in [-0.2, 0) is 0 Å². The number of aromatic amines is 1. The summed E-state index contributed by atoms with van der Waals surface area (Å²) in [5.41, 5.74) is -0.169. The van der Waals surface area contributed by atoms with Crippen molar-refractivity contribution in [2.45, 2.75) is 0 Å². The van der Waals surface area contributed by atoms with Crippen molar-refractivity contribution in [3.63, 3.8) is 0 Å². The van der Waals surface area contributed by atoms with Crippen LogP contribution >= 0.6 is 11.6 Å². The molecule has 1 rings (SSSR count). The Morgan fingerprint density at radius 3 is 2.56 bits per heavy atom. The first-order chi connectivity index (χ1) is 3.79. The number of nitrogens with one attached hydrogen (secondary N) is 1. The first kappa shape index (κ1) is 9.24. The third-order valence-corrected chi connectivity index (χ3v) is 0.953. The molecule has 0 aromatic carbocycles. The largest absolute Gasteiger partial charge is 1.00 e. The van der Waals surface area contributed by atoms with Crippen LogP contribution < -0.4 is 35.1 Å². The number of H-pyrrole nitrogens is 1. The molecule has 0 fully saturated rings. The molecule has 1 aromatic rings. The Morgan fingerprint density at radius 1 is 1.56 bits per heavy atom. The number of halogens is 1. The van der Waals surface area contributed by atoms with Crippen molar-refractivity contribution < 1.29 is 31.0 Å². The fourth-order valence-electron chi connectivity index (χ4n) is 0.421. The third kappa shape index (κ3) is 3.06. The second-order valence-electron chi connectivity index (χ2n) is 1.36. The zero-order chi connectivity index (χ0) is 5.98. The Bertz CT molecular complexity index is 239. The second-order valence-corrected chi connectivity index (χ2v) is 1.77. The topological polar surface area (TPSA) is 32.9 Å². The zero-order valence-electron chi connectivity index (χ0n) is 6.02. The predicted octanol–water partition coefficient (Wildman–Crippen LogP) is -1.86. The van der Waals surface area contributed by atoms with E-state index in [1.807, 2.05) is 0 Å². The van der Waals surface area contributed by atoms with Gasteiger partial charge in [-0.05, 0) is 6.07 Å². The van der Waals surface area contributed by atoms with Crippen LogP contribution in [0.25, 0.3) is 0 Å². The Morgan fingerprint density at radius 2 is 2.22 bits per heavy atom. The van der Waals surface area contributed by atoms with Gasteiger partial charge in [-0.1, -0.05) is 17.7 Å². The first-order valence-corrected chi connectivity index (χ1v) is 2.52. The fourth-order valence-corrected chi connectivity index (χ4v) is 0.587. The summed E-state index contributed by atoms with van der Waals surface area (Å²) in [6.07, 6.45) is 0. The Kier molecular flexibility index (Phi) is 4.23. The maximum Gasteiger partial charge on any atom is 1.00 e. The van der Waals surface area contributed by atoms with Crippen LogP contribution in [0.15, 0.2) is 23.0 Å². The van der Waals surface area contributed by atoms with E-state index in [2.05, 4.69) is 4.98 Å². The minimum absolute atomic E-state index is 0. The van der Waals surface area contributed by atoms with Crippen LogP contribution in [0.3, 0.4) is 0 Å². The van der Waals surface area contributed by atoms with Crippen molar-refractivity contribution in [3.05, 3.63) is 33.7 Å². The third-order valence-electron chi connectivity index (χ3n) is 0.733. The van der Waals surface area contributed by atoms with Gasteiger partial charge in [0.2, 0.25) is 5.56 Å². The van der Waals surface area contributed by atoms with Crippen molar-refractivity contribution in [2.24, 2.45) is 0 Å². The predicted molar refractivity (Wildman–Crippen MR) is 33.2 cm³/mol. The molecule has 0 unspecified atom stereocenters. The molecule has 0 amide bonds. The average molecular weight is 154 g/mol. The van der Waals surface area contributed by atoms with E-state index in [9.17, 15) is 4.79 Å². The number of rotatable bonds is 0. The molecule has 0 aliphatic heterocycles. The molecule has 0 atom stereocenters. The molecule has 0 saturated heterocycles. The molecule has 0 aliphatic rings. The second kappa shape index (κ2) is 4.12. The SMILES string of the molecule is O=c1cccc(Cl)[nH]1.[H-].[Na+]. The van der Waals surface area contributed by atoms with E-state index >= 15 is 0 Å². The van der Waals surface area contributed by atoms with E-state index in [1.165, 1.54) is 6.07 Å². The summed E-state index contributed by atoms with van der Waals surface area (Å²) in [6.45, 7) is 0. The Labute approximate surface area is 81.0 Å². The van der Waals surface area contributed by atoms with Crippen molar-refractivity contribution >= 4 is 11.6 Å². The molecular formula is C5H5ClNNaO. The molecule has 1 aromatic heterocycles. The van der Waals surface area contributed by atoms with Gasteiger partial charge in [-0.3, -0.25) is 4.79 Å². The fraction of sp³-hybridized carbons (Fsp3) is 0. The van der Waals surface area contributed by atoms with E-state index in [0.717, 1.165) is 0 Å². The standard InChI is InChI=1S/C5H4ClNO.Na.H/c6-4-2-1-3-5(8)7-4;;/h1-3H,(H,7,8);;/q;+1;-1. The first-order valence-electron chi connectivity index (χ1n) is 2.14. The minimum atomic E-state index is -0.169. The molecule has 44 valence electrons. The van der Waals surface area contributed by atoms with Crippen LogP contribution in [0, 0.1) is 0 Å². The van der Waals surface area contributed by atoms with Crippen LogP contribution in [0.1, 0.15) is 1.43 Å². The van der Waals surface area contributed by atoms with Gasteiger partial charge in [-0.15, -0.1) is 0 Å². The van der Waals surface area contributed by atoms with Gasteiger partial charge in [0.1, 0.15) is 5.15 Å². The molecule has 1 N–H and O–H groups in total. The van der Waals surface area contributed by atoms with Crippen molar-refractivity contribution in [1.82, 2.24) is 4.98 Å². The average Bonchev–Trinajstić information content (AvgIpc) is 1.64. The van der Waals surface area contributed by atoms with Crippen LogP contribution in [0.2, 0.25) is 5.15 Å². The Hall–Kier alpha value is 0.240. The molecule has 0 aliphatic carbocycles. The minimum Gasteiger partial charge on any atom is -1.00 e. The number of pyridine rings is 1. The molecule has 2 nitrogen and oxygen atoms in total. The quantitative estimate of drug-likeness (QED) is 0.344. The van der Waals surface area contributed by atoms with Gasteiger partial charge in [0.05, 0.1) is 0 Å². The van der Waals surface area contributed by atoms with Crippen molar-refractivity contribution in [1.29, 1.82) is 0 Å². The summed E-state index contributed by atoms with van der Waals surface area (Å²) in [5, 5.41) is 0.373. The normalized spacial score (nSPS) is 8.11. The van der Waals surface area contributed by atoms with Gasteiger partial charge < -0.3 is 6.41 Å². The van der Waals surface area contributed by atoms with Crippen LogP contribution in [-0.4, -0.2) is 4.98 Å². The maximum absolute atomic E-state index is 10.4. The Balaban J connectivity index is 0. The van der Waals surface area contributed by atoms with Gasteiger partial charge in [0.25, 0.3) is 0 Å². The summed E-state index contributed by atoms with van der Waals surface area (Å²) in [6, 6.07) is 4.62. The van der Waals surface area contributed by atoms with E-state index < -0.39 is 0 Å². The number of hydrogen-bond acceptors (Lipinski definition) is 1. The zero-order valence-corrected chi connectivity index (χ0v) is 7.77. The summed E-state index contributed by atoms with van der Waals surface area (Å²) < 4.78 is 0. The molecule has 0 radical (unpaired) electrons. The van der Waals surface area contributed by atoms with Crippen molar-refractivity contribution in [3.8, 4) is 0 Å². The molecule has 0 bridgehead atoms. The molecular weight excluding hydrogens is 149 g/mol. The van der Waals surface area contributed by atoms with Gasteiger partial charge in [0.15, 0.2) is 0 Å². The molecule has 1 heterocycles. The van der Waals surface area contributed by atoms with Gasteiger partial charge >= 0.3 is 29.6 Å². The van der Waals surface area contributed by atoms with Crippen molar-refractivity contribution in [2.75, 3.05) is 0 Å². The maximum atomic E-state index is 10.4.